The summed E-state index contributed by atoms with van der Waals surface area (Å²) < 4.78 is 30.2. The highest BCUT2D eigenvalue weighted by Gasteiger charge is 2.26. The lowest BCUT2D eigenvalue weighted by atomic mass is 10.2. The van der Waals surface area contributed by atoms with E-state index >= 15 is 0 Å². The van der Waals surface area contributed by atoms with Crippen LogP contribution in [0.25, 0.3) is 0 Å². The lowest BCUT2D eigenvalue weighted by Gasteiger charge is -2.26. The first-order chi connectivity index (χ1) is 11.1. The molecule has 0 aliphatic carbocycles. The minimum absolute atomic E-state index is 0. The summed E-state index contributed by atoms with van der Waals surface area (Å²) in [5.41, 5.74) is 0.400. The van der Waals surface area contributed by atoms with Gasteiger partial charge >= 0.3 is 0 Å². The number of hydrogen-bond acceptors (Lipinski definition) is 5. The summed E-state index contributed by atoms with van der Waals surface area (Å²) in [7, 11) is -3.51. The molecule has 3 rings (SSSR count). The molecule has 1 N–H and O–H groups in total. The summed E-state index contributed by atoms with van der Waals surface area (Å²) in [6.07, 6.45) is 1.37. The molecule has 1 aromatic carbocycles. The third-order valence-corrected chi connectivity index (χ3v) is 5.47. The number of furan rings is 1. The molecule has 1 fully saturated rings. The van der Waals surface area contributed by atoms with Crippen molar-refractivity contribution in [1.82, 2.24) is 10.2 Å². The smallest absolute Gasteiger partial charge is 0.289 e. The molecule has 1 aliphatic heterocycles. The van der Waals surface area contributed by atoms with Crippen LogP contribution in [-0.2, 0) is 15.6 Å². The second-order valence-corrected chi connectivity index (χ2v) is 7.38. The van der Waals surface area contributed by atoms with E-state index in [1.807, 2.05) is 0 Å². The van der Waals surface area contributed by atoms with Gasteiger partial charge in [-0.2, -0.15) is 0 Å². The van der Waals surface area contributed by atoms with Gasteiger partial charge in [0.15, 0.2) is 15.6 Å². The molecule has 0 unspecified atom stereocenters. The lowest BCUT2D eigenvalue weighted by Crippen LogP contribution is -2.46. The molecule has 8 heteroatoms. The zero-order chi connectivity index (χ0) is 16.3. The predicted octanol–water partition coefficient (Wildman–Crippen LogP) is 1.72. The van der Waals surface area contributed by atoms with E-state index < -0.39 is 9.84 Å². The van der Waals surface area contributed by atoms with Crippen molar-refractivity contribution >= 4 is 28.2 Å². The molecule has 0 bridgehead atoms. The molecular formula is C16H19ClN2O4S. The van der Waals surface area contributed by atoms with Gasteiger partial charge in [-0.1, -0.05) is 18.2 Å². The standard InChI is InChI=1S/C16H18N2O4S.ClH/c19-16(18-9-7-17-8-10-18)15-13(6-11-22-15)12-23(20,21)14-4-2-1-3-5-14;/h1-6,11,17H,7-10,12H2;1H. The summed E-state index contributed by atoms with van der Waals surface area (Å²) in [5.74, 6) is -0.387. The molecule has 2 heterocycles. The second-order valence-electron chi connectivity index (χ2n) is 5.39. The van der Waals surface area contributed by atoms with E-state index in [1.165, 1.54) is 6.26 Å². The highest BCUT2D eigenvalue weighted by Crippen LogP contribution is 2.21. The maximum absolute atomic E-state index is 12.5. The van der Waals surface area contributed by atoms with Crippen LogP contribution in [0.5, 0.6) is 0 Å². The molecule has 1 saturated heterocycles. The highest BCUT2D eigenvalue weighted by atomic mass is 35.5. The van der Waals surface area contributed by atoms with Gasteiger partial charge in [-0.05, 0) is 18.2 Å². The minimum Gasteiger partial charge on any atom is -0.459 e. The Morgan fingerprint density at radius 1 is 1.12 bits per heavy atom. The van der Waals surface area contributed by atoms with Crippen LogP contribution in [0.2, 0.25) is 0 Å². The van der Waals surface area contributed by atoms with Crippen LogP contribution in [0.4, 0.5) is 0 Å². The number of rotatable bonds is 4. The average Bonchev–Trinajstić information content (AvgIpc) is 3.03. The number of benzene rings is 1. The van der Waals surface area contributed by atoms with Crippen LogP contribution in [0.3, 0.4) is 0 Å². The topological polar surface area (TPSA) is 79.6 Å². The van der Waals surface area contributed by atoms with Gasteiger partial charge in [0.25, 0.3) is 5.91 Å². The Balaban J connectivity index is 0.00000208. The largest absolute Gasteiger partial charge is 0.459 e. The summed E-state index contributed by atoms with van der Waals surface area (Å²) in [5, 5.41) is 3.17. The normalized spacial score (nSPS) is 14.9. The van der Waals surface area contributed by atoms with Gasteiger partial charge in [-0.15, -0.1) is 12.4 Å². The average molecular weight is 371 g/mol. The molecule has 24 heavy (non-hydrogen) atoms. The second kappa shape index (κ2) is 7.83. The number of halogens is 1. The van der Waals surface area contributed by atoms with Crippen molar-refractivity contribution in [2.75, 3.05) is 26.2 Å². The first-order valence-corrected chi connectivity index (χ1v) is 9.07. The predicted molar refractivity (Wildman–Crippen MR) is 92.1 cm³/mol. The molecule has 0 saturated carbocycles. The molecule has 0 radical (unpaired) electrons. The summed E-state index contributed by atoms with van der Waals surface area (Å²) in [6.45, 7) is 2.63. The van der Waals surface area contributed by atoms with Crippen molar-refractivity contribution in [2.45, 2.75) is 10.6 Å². The number of nitrogens with one attached hydrogen (secondary N) is 1. The third-order valence-electron chi connectivity index (χ3n) is 3.79. The van der Waals surface area contributed by atoms with Crippen LogP contribution in [0.1, 0.15) is 16.1 Å². The van der Waals surface area contributed by atoms with E-state index in [2.05, 4.69) is 5.32 Å². The molecule has 0 spiro atoms. The fourth-order valence-corrected chi connectivity index (χ4v) is 3.94. The van der Waals surface area contributed by atoms with Gasteiger partial charge in [-0.3, -0.25) is 4.79 Å². The maximum Gasteiger partial charge on any atom is 0.289 e. The Morgan fingerprint density at radius 2 is 1.79 bits per heavy atom. The first kappa shape index (κ1) is 18.5. The first-order valence-electron chi connectivity index (χ1n) is 7.42. The molecular weight excluding hydrogens is 352 g/mol. The van der Waals surface area contributed by atoms with E-state index in [1.54, 1.807) is 41.3 Å². The zero-order valence-corrected chi connectivity index (χ0v) is 14.6. The SMILES string of the molecule is Cl.O=C(c1occc1CS(=O)(=O)c1ccccc1)N1CCNCC1. The number of piperazine rings is 1. The van der Waals surface area contributed by atoms with Crippen LogP contribution in [0, 0.1) is 0 Å². The summed E-state index contributed by atoms with van der Waals surface area (Å²) in [6, 6.07) is 9.76. The maximum atomic E-state index is 12.5. The summed E-state index contributed by atoms with van der Waals surface area (Å²) in [4.78, 5) is 14.4. The molecule has 130 valence electrons. The monoisotopic (exact) mass is 370 g/mol. The van der Waals surface area contributed by atoms with Crippen LogP contribution in [-0.4, -0.2) is 45.4 Å². The number of nitrogens with zero attached hydrogens (tertiary/aromatic N) is 1. The number of hydrogen-bond donors (Lipinski definition) is 1. The lowest BCUT2D eigenvalue weighted by molar-refractivity contribution is 0.0702. The van der Waals surface area contributed by atoms with Crippen molar-refractivity contribution < 1.29 is 17.6 Å². The van der Waals surface area contributed by atoms with Gasteiger partial charge in [0, 0.05) is 31.7 Å². The van der Waals surface area contributed by atoms with E-state index in [0.29, 0.717) is 18.7 Å². The van der Waals surface area contributed by atoms with Crippen molar-refractivity contribution in [3.8, 4) is 0 Å². The van der Waals surface area contributed by atoms with Gasteiger partial charge in [-0.25, -0.2) is 8.42 Å². The van der Waals surface area contributed by atoms with Gasteiger partial charge in [0.05, 0.1) is 16.9 Å². The van der Waals surface area contributed by atoms with Crippen molar-refractivity contribution in [1.29, 1.82) is 0 Å². The Hall–Kier alpha value is -1.83. The van der Waals surface area contributed by atoms with E-state index in [-0.39, 0.29) is 34.7 Å². The van der Waals surface area contributed by atoms with Crippen LogP contribution in [0.15, 0.2) is 52.0 Å². The van der Waals surface area contributed by atoms with Crippen LogP contribution >= 0.6 is 12.4 Å². The Labute approximate surface area is 147 Å². The third kappa shape index (κ3) is 3.98. The van der Waals surface area contributed by atoms with E-state index in [0.717, 1.165) is 13.1 Å². The fraction of sp³-hybridized carbons (Fsp3) is 0.312. The fourth-order valence-electron chi connectivity index (χ4n) is 2.56. The molecule has 1 aromatic heterocycles. The van der Waals surface area contributed by atoms with E-state index in [4.69, 9.17) is 4.42 Å². The Bertz CT molecular complexity index is 783. The molecule has 1 aliphatic rings. The van der Waals surface area contributed by atoms with Gasteiger partial charge < -0.3 is 14.6 Å². The molecule has 1 amide bonds. The highest BCUT2D eigenvalue weighted by molar-refractivity contribution is 7.90. The minimum atomic E-state index is -3.51. The van der Waals surface area contributed by atoms with Crippen molar-refractivity contribution in [2.24, 2.45) is 0 Å². The van der Waals surface area contributed by atoms with E-state index in [9.17, 15) is 13.2 Å². The van der Waals surface area contributed by atoms with Crippen molar-refractivity contribution in [3.05, 3.63) is 54.0 Å². The number of carbonyl (C=O) groups is 1. The Kier molecular flexibility index (Phi) is 6.04. The van der Waals surface area contributed by atoms with Gasteiger partial charge in [0.2, 0.25) is 0 Å². The zero-order valence-electron chi connectivity index (χ0n) is 13.0. The quantitative estimate of drug-likeness (QED) is 0.886. The number of carbonyl (C=O) groups excluding carboxylic acids is 1. The van der Waals surface area contributed by atoms with Gasteiger partial charge in [0.1, 0.15) is 0 Å². The number of amides is 1. The Morgan fingerprint density at radius 3 is 2.46 bits per heavy atom. The molecule has 0 atom stereocenters. The van der Waals surface area contributed by atoms with Crippen molar-refractivity contribution in [3.63, 3.8) is 0 Å². The molecule has 2 aromatic rings. The number of sulfone groups is 1. The van der Waals surface area contributed by atoms with Crippen LogP contribution < -0.4 is 5.32 Å². The summed E-state index contributed by atoms with van der Waals surface area (Å²) >= 11 is 0. The molecule has 6 nitrogen and oxygen atoms in total.